The molecule has 3 rings (SSSR count). The molecule has 17 heteroatoms. The van der Waals surface area contributed by atoms with Crippen LogP contribution >= 0.6 is 0 Å². The van der Waals surface area contributed by atoms with Crippen molar-refractivity contribution < 1.29 is 46.3 Å². The number of nitrogens with one attached hydrogen (secondary N) is 4. The zero-order valence-electron chi connectivity index (χ0n) is 33.5. The molecule has 16 nitrogen and oxygen atoms in total. The van der Waals surface area contributed by atoms with Crippen molar-refractivity contribution in [1.29, 1.82) is 0 Å². The summed E-state index contributed by atoms with van der Waals surface area (Å²) < 4.78 is 42.0. The second-order valence-electron chi connectivity index (χ2n) is 16.4. The minimum absolute atomic E-state index is 0.104. The first kappa shape index (κ1) is 47.6. The first-order chi connectivity index (χ1) is 23.9. The molecule has 0 saturated carbocycles. The van der Waals surface area contributed by atoms with E-state index in [2.05, 4.69) is 31.1 Å². The van der Waals surface area contributed by atoms with Crippen molar-refractivity contribution in [3.05, 3.63) is 0 Å². The molecule has 0 radical (unpaired) electrons. The van der Waals surface area contributed by atoms with Crippen molar-refractivity contribution in [3.63, 3.8) is 0 Å². The highest BCUT2D eigenvalue weighted by atomic mass is 32.2. The van der Waals surface area contributed by atoms with Gasteiger partial charge in [0, 0.05) is 57.4 Å². The Balaban J connectivity index is 0.000000398. The third-order valence-electron chi connectivity index (χ3n) is 7.80. The molecule has 3 aliphatic rings. The Morgan fingerprint density at radius 1 is 0.635 bits per heavy atom. The number of carbonyl (C=O) groups excluding carboxylic acids is 3. The number of piperidine rings is 3. The highest BCUT2D eigenvalue weighted by molar-refractivity contribution is 7.85. The van der Waals surface area contributed by atoms with Gasteiger partial charge in [-0.2, -0.15) is 8.42 Å². The van der Waals surface area contributed by atoms with Crippen molar-refractivity contribution >= 4 is 28.4 Å². The molecule has 0 bridgehead atoms. The van der Waals surface area contributed by atoms with Crippen LogP contribution in [-0.2, 0) is 28.5 Å². The van der Waals surface area contributed by atoms with Crippen molar-refractivity contribution in [2.75, 3.05) is 71.8 Å². The van der Waals surface area contributed by atoms with Crippen molar-refractivity contribution in [2.45, 2.75) is 136 Å². The van der Waals surface area contributed by atoms with Crippen LogP contribution in [0.2, 0.25) is 0 Å². The van der Waals surface area contributed by atoms with Crippen LogP contribution in [0.3, 0.4) is 0 Å². The van der Waals surface area contributed by atoms with E-state index in [4.69, 9.17) is 23.5 Å². The molecule has 3 saturated heterocycles. The van der Waals surface area contributed by atoms with Gasteiger partial charge in [0.15, 0.2) is 0 Å². The molecule has 0 spiro atoms. The van der Waals surface area contributed by atoms with Crippen LogP contribution in [0.25, 0.3) is 0 Å². The number of amides is 3. The standard InChI is InChI=1S/C13H26N2O5S.C12H24N2O3.C10H20N2O2/c1-13(2,3)20-12(16)14-11-5-7-15(8-6-11)9-10-19-21(4,17)18;1-12(2,3)17-11(16)13-10-4-6-14(7-5-10)8-9-15;1-10(2,3)14-9(13)12-8-4-6-11-7-5-8/h11H,5-10H2,1-4H3,(H,14,16);10,15H,4-9H2,1-3H3,(H,13,16);8,11H,4-7H2,1-3H3,(H,12,13). The molecule has 0 aliphatic carbocycles. The van der Waals surface area contributed by atoms with Crippen LogP contribution in [0, 0.1) is 0 Å². The summed E-state index contributed by atoms with van der Waals surface area (Å²) in [6.45, 7) is 23.7. The molecule has 0 atom stereocenters. The van der Waals surface area contributed by atoms with Gasteiger partial charge >= 0.3 is 18.3 Å². The molecule has 0 unspecified atom stereocenters. The summed E-state index contributed by atoms with van der Waals surface area (Å²) in [4.78, 5) is 38.9. The number of hydrogen-bond donors (Lipinski definition) is 5. The number of alkyl carbamates (subject to hydrolysis) is 3. The van der Waals surface area contributed by atoms with Gasteiger partial charge in [-0.25, -0.2) is 14.4 Å². The number of aliphatic hydroxyl groups excluding tert-OH is 1. The van der Waals surface area contributed by atoms with Gasteiger partial charge in [0.05, 0.1) is 19.5 Å². The fourth-order valence-electron chi connectivity index (χ4n) is 5.45. The highest BCUT2D eigenvalue weighted by Crippen LogP contribution is 2.14. The van der Waals surface area contributed by atoms with E-state index in [1.807, 2.05) is 62.3 Å². The van der Waals surface area contributed by atoms with Gasteiger partial charge in [0.1, 0.15) is 16.8 Å². The minimum Gasteiger partial charge on any atom is -0.444 e. The summed E-state index contributed by atoms with van der Waals surface area (Å²) in [6, 6.07) is 0.567. The molecule has 3 fully saturated rings. The Morgan fingerprint density at radius 3 is 1.27 bits per heavy atom. The minimum atomic E-state index is -3.37. The van der Waals surface area contributed by atoms with E-state index < -0.39 is 26.9 Å². The lowest BCUT2D eigenvalue weighted by molar-refractivity contribution is 0.0464. The second kappa shape index (κ2) is 22.7. The predicted octanol–water partition coefficient (Wildman–Crippen LogP) is 3.18. The number of aliphatic hydroxyl groups is 1. The maximum Gasteiger partial charge on any atom is 0.407 e. The molecule has 0 aromatic heterocycles. The number of hydrogen-bond acceptors (Lipinski definition) is 13. The summed E-state index contributed by atoms with van der Waals surface area (Å²) in [5.41, 5.74) is -1.34. The van der Waals surface area contributed by atoms with Gasteiger partial charge in [0.2, 0.25) is 0 Å². The lowest BCUT2D eigenvalue weighted by atomic mass is 10.1. The largest absolute Gasteiger partial charge is 0.444 e. The van der Waals surface area contributed by atoms with Crippen LogP contribution in [0.5, 0.6) is 0 Å². The average molecular weight is 767 g/mol. The van der Waals surface area contributed by atoms with Gasteiger partial charge < -0.3 is 50.4 Å². The second-order valence-corrected chi connectivity index (χ2v) is 18.1. The third-order valence-corrected chi connectivity index (χ3v) is 8.39. The van der Waals surface area contributed by atoms with Gasteiger partial charge in [-0.3, -0.25) is 4.18 Å². The fourth-order valence-corrected chi connectivity index (χ4v) is 5.83. The SMILES string of the molecule is CC(C)(C)OC(=O)NC1CCN(CCO)CC1.CC(C)(C)OC(=O)NC1CCN(CCOS(C)(=O)=O)CC1.CC(C)(C)OC(=O)NC1CCNCC1. The number of likely N-dealkylation sites (tertiary alicyclic amines) is 2. The number of nitrogens with zero attached hydrogens (tertiary/aromatic N) is 2. The lowest BCUT2D eigenvalue weighted by Gasteiger charge is -2.32. The van der Waals surface area contributed by atoms with Crippen LogP contribution in [0.4, 0.5) is 14.4 Å². The first-order valence-electron chi connectivity index (χ1n) is 18.5. The number of carbonyl (C=O) groups is 3. The normalized spacial score (nSPS) is 18.8. The Labute approximate surface area is 312 Å². The lowest BCUT2D eigenvalue weighted by Crippen LogP contribution is -2.46. The van der Waals surface area contributed by atoms with Crippen LogP contribution in [0.15, 0.2) is 0 Å². The van der Waals surface area contributed by atoms with E-state index in [1.54, 1.807) is 0 Å². The number of rotatable bonds is 9. The Kier molecular flexibility index (Phi) is 20.8. The maximum atomic E-state index is 11.7. The zero-order chi connectivity index (χ0) is 39.6. The number of ether oxygens (including phenoxy) is 3. The molecule has 3 amide bonds. The molecule has 5 N–H and O–H groups in total. The monoisotopic (exact) mass is 766 g/mol. The van der Waals surface area contributed by atoms with Gasteiger partial charge in [-0.1, -0.05) is 0 Å². The molecule has 0 aromatic carbocycles. The summed E-state index contributed by atoms with van der Waals surface area (Å²) in [6.07, 6.45) is 5.46. The number of β-amino-alcohol motifs (C(OH)–C–C–N with tert-alkyl or cyclic N) is 1. The highest BCUT2D eigenvalue weighted by Gasteiger charge is 2.25. The fraction of sp³-hybridized carbons (Fsp3) is 0.914. The van der Waals surface area contributed by atoms with E-state index >= 15 is 0 Å². The molecule has 3 aliphatic heterocycles. The molecule has 52 heavy (non-hydrogen) atoms. The first-order valence-corrected chi connectivity index (χ1v) is 20.3. The van der Waals surface area contributed by atoms with Gasteiger partial charge in [-0.05, 0) is 114 Å². The predicted molar refractivity (Wildman–Crippen MR) is 201 cm³/mol. The van der Waals surface area contributed by atoms with Gasteiger partial charge in [-0.15, -0.1) is 0 Å². The molecule has 3 heterocycles. The van der Waals surface area contributed by atoms with Crippen LogP contribution in [0.1, 0.15) is 101 Å². The van der Waals surface area contributed by atoms with Crippen LogP contribution in [-0.4, -0.2) is 148 Å². The van der Waals surface area contributed by atoms with Crippen molar-refractivity contribution in [3.8, 4) is 0 Å². The Morgan fingerprint density at radius 2 is 0.962 bits per heavy atom. The zero-order valence-corrected chi connectivity index (χ0v) is 34.3. The molecular formula is C35H70N6O10S. The summed E-state index contributed by atoms with van der Waals surface area (Å²) in [5.74, 6) is 0. The summed E-state index contributed by atoms with van der Waals surface area (Å²) >= 11 is 0. The van der Waals surface area contributed by atoms with Crippen molar-refractivity contribution in [1.82, 2.24) is 31.1 Å². The van der Waals surface area contributed by atoms with E-state index in [1.165, 1.54) is 0 Å². The Hall–Kier alpha value is -2.44. The van der Waals surface area contributed by atoms with Gasteiger partial charge in [0.25, 0.3) is 10.1 Å². The maximum absolute atomic E-state index is 11.7. The summed E-state index contributed by atoms with van der Waals surface area (Å²) in [7, 11) is -3.37. The van der Waals surface area contributed by atoms with Crippen LogP contribution < -0.4 is 21.3 Å². The Bertz CT molecular complexity index is 1150. The van der Waals surface area contributed by atoms with E-state index in [9.17, 15) is 22.8 Å². The van der Waals surface area contributed by atoms with E-state index in [0.29, 0.717) is 6.54 Å². The quantitative estimate of drug-likeness (QED) is 0.170. The summed E-state index contributed by atoms with van der Waals surface area (Å²) in [5, 5.41) is 20.7. The van der Waals surface area contributed by atoms with Crippen molar-refractivity contribution in [2.24, 2.45) is 0 Å². The smallest absolute Gasteiger partial charge is 0.407 e. The average Bonchev–Trinajstić information content (AvgIpc) is 2.97. The molecule has 0 aromatic rings. The third kappa shape index (κ3) is 26.3. The van der Waals surface area contributed by atoms with E-state index in [-0.39, 0.29) is 49.6 Å². The topological polar surface area (TPSA) is 197 Å². The molecular weight excluding hydrogens is 696 g/mol. The van der Waals surface area contributed by atoms with E-state index in [0.717, 1.165) is 90.6 Å². The molecule has 306 valence electrons.